The SMILES string of the molecule is CC(CNC1CCCN(C(=O)OC(C)(C)C)CC1)c1nccs1. The lowest BCUT2D eigenvalue weighted by atomic mass is 10.1. The minimum atomic E-state index is -0.426. The van der Waals surface area contributed by atoms with E-state index in [1.54, 1.807) is 11.3 Å². The largest absolute Gasteiger partial charge is 0.444 e. The molecular weight excluding hydrogens is 310 g/mol. The number of nitrogens with one attached hydrogen (secondary N) is 1. The normalized spacial score (nSPS) is 20.9. The number of likely N-dealkylation sites (tertiary alicyclic amines) is 1. The van der Waals surface area contributed by atoms with Gasteiger partial charge in [-0.1, -0.05) is 6.92 Å². The van der Waals surface area contributed by atoms with E-state index >= 15 is 0 Å². The summed E-state index contributed by atoms with van der Waals surface area (Å²) in [6, 6.07) is 0.463. The fourth-order valence-electron chi connectivity index (χ4n) is 2.72. The molecule has 2 unspecified atom stereocenters. The number of aromatic nitrogens is 1. The third-order valence-electron chi connectivity index (χ3n) is 3.97. The monoisotopic (exact) mass is 339 g/mol. The van der Waals surface area contributed by atoms with Crippen LogP contribution in [0.5, 0.6) is 0 Å². The van der Waals surface area contributed by atoms with E-state index < -0.39 is 5.60 Å². The first-order chi connectivity index (χ1) is 10.8. The molecule has 2 rings (SSSR count). The van der Waals surface area contributed by atoms with Gasteiger partial charge in [0.1, 0.15) is 5.60 Å². The van der Waals surface area contributed by atoms with Gasteiger partial charge < -0.3 is 15.0 Å². The zero-order chi connectivity index (χ0) is 16.9. The van der Waals surface area contributed by atoms with E-state index in [1.165, 1.54) is 5.01 Å². The Morgan fingerprint density at radius 2 is 2.26 bits per heavy atom. The smallest absolute Gasteiger partial charge is 0.410 e. The summed E-state index contributed by atoms with van der Waals surface area (Å²) in [6.45, 7) is 10.4. The van der Waals surface area contributed by atoms with Gasteiger partial charge in [0, 0.05) is 43.2 Å². The van der Waals surface area contributed by atoms with Crippen molar-refractivity contribution >= 4 is 17.4 Å². The third kappa shape index (κ3) is 6.11. The minimum absolute atomic E-state index is 0.186. The van der Waals surface area contributed by atoms with Gasteiger partial charge >= 0.3 is 6.09 Å². The maximum Gasteiger partial charge on any atom is 0.410 e. The van der Waals surface area contributed by atoms with E-state index in [2.05, 4.69) is 17.2 Å². The van der Waals surface area contributed by atoms with E-state index in [1.807, 2.05) is 37.2 Å². The van der Waals surface area contributed by atoms with Crippen LogP contribution in [0.4, 0.5) is 4.79 Å². The molecule has 2 heterocycles. The Labute approximate surface area is 143 Å². The number of nitrogens with zero attached hydrogens (tertiary/aromatic N) is 2. The average molecular weight is 340 g/mol. The van der Waals surface area contributed by atoms with Crippen molar-refractivity contribution in [2.75, 3.05) is 19.6 Å². The van der Waals surface area contributed by atoms with Gasteiger partial charge in [-0.15, -0.1) is 11.3 Å². The second-order valence-electron chi connectivity index (χ2n) is 7.27. The number of carbonyl (C=O) groups is 1. The highest BCUT2D eigenvalue weighted by molar-refractivity contribution is 7.09. The lowest BCUT2D eigenvalue weighted by Gasteiger charge is -2.26. The molecule has 1 aromatic rings. The molecule has 1 aliphatic heterocycles. The van der Waals surface area contributed by atoms with Gasteiger partial charge in [-0.25, -0.2) is 9.78 Å². The zero-order valence-electron chi connectivity index (χ0n) is 14.7. The maximum absolute atomic E-state index is 12.2. The van der Waals surface area contributed by atoms with E-state index in [-0.39, 0.29) is 6.09 Å². The summed E-state index contributed by atoms with van der Waals surface area (Å²) in [4.78, 5) is 18.4. The van der Waals surface area contributed by atoms with Gasteiger partial charge in [0.2, 0.25) is 0 Å². The van der Waals surface area contributed by atoms with Crippen LogP contribution in [0.2, 0.25) is 0 Å². The number of rotatable bonds is 4. The van der Waals surface area contributed by atoms with Gasteiger partial charge in [-0.2, -0.15) is 0 Å². The molecule has 23 heavy (non-hydrogen) atoms. The summed E-state index contributed by atoms with van der Waals surface area (Å²) in [5.41, 5.74) is -0.426. The molecule has 2 atom stereocenters. The highest BCUT2D eigenvalue weighted by Gasteiger charge is 2.25. The summed E-state index contributed by atoms with van der Waals surface area (Å²) >= 11 is 1.71. The van der Waals surface area contributed by atoms with Crippen molar-refractivity contribution in [3.8, 4) is 0 Å². The molecule has 0 radical (unpaired) electrons. The van der Waals surface area contributed by atoms with E-state index in [0.29, 0.717) is 12.0 Å². The van der Waals surface area contributed by atoms with Crippen molar-refractivity contribution in [3.05, 3.63) is 16.6 Å². The first-order valence-corrected chi connectivity index (χ1v) is 9.34. The van der Waals surface area contributed by atoms with Gasteiger partial charge in [0.05, 0.1) is 5.01 Å². The van der Waals surface area contributed by atoms with Gasteiger partial charge in [-0.3, -0.25) is 0 Å². The summed E-state index contributed by atoms with van der Waals surface area (Å²) in [7, 11) is 0. The first-order valence-electron chi connectivity index (χ1n) is 8.46. The molecular formula is C17H29N3O2S. The first kappa shape index (κ1) is 18.2. The van der Waals surface area contributed by atoms with Crippen molar-refractivity contribution in [3.63, 3.8) is 0 Å². The Kier molecular flexibility index (Phi) is 6.41. The fraction of sp³-hybridized carbons (Fsp3) is 0.765. The molecule has 5 nitrogen and oxygen atoms in total. The standard InChI is InChI=1S/C17H29N3O2S/c1-13(15-18-8-11-23-15)12-19-14-6-5-9-20(10-7-14)16(21)22-17(2,3)4/h8,11,13-14,19H,5-7,9-10,12H2,1-4H3. The van der Waals surface area contributed by atoms with Crippen LogP contribution in [0.15, 0.2) is 11.6 Å². The van der Waals surface area contributed by atoms with Gasteiger partial charge in [0.15, 0.2) is 0 Å². The quantitative estimate of drug-likeness (QED) is 0.910. The molecule has 0 spiro atoms. The number of thiazole rings is 1. The van der Waals surface area contributed by atoms with Crippen molar-refractivity contribution in [2.24, 2.45) is 0 Å². The molecule has 1 fully saturated rings. The van der Waals surface area contributed by atoms with Crippen LogP contribution in [-0.4, -0.2) is 47.3 Å². The Balaban J connectivity index is 1.76. The average Bonchev–Trinajstić information content (AvgIpc) is 2.89. The van der Waals surface area contributed by atoms with Crippen LogP contribution in [0.3, 0.4) is 0 Å². The number of ether oxygens (including phenoxy) is 1. The molecule has 1 amide bonds. The number of carbonyl (C=O) groups excluding carboxylic acids is 1. The number of hydrogen-bond acceptors (Lipinski definition) is 5. The molecule has 0 bridgehead atoms. The summed E-state index contributed by atoms with van der Waals surface area (Å²) in [6.07, 6.45) is 4.77. The molecule has 0 aromatic carbocycles. The molecule has 1 aliphatic rings. The zero-order valence-corrected chi connectivity index (χ0v) is 15.5. The predicted octanol–water partition coefficient (Wildman–Crippen LogP) is 3.63. The van der Waals surface area contributed by atoms with Crippen LogP contribution in [0.25, 0.3) is 0 Å². The second kappa shape index (κ2) is 8.11. The Morgan fingerprint density at radius 3 is 2.91 bits per heavy atom. The van der Waals surface area contributed by atoms with E-state index in [0.717, 1.165) is 38.9 Å². The summed E-state index contributed by atoms with van der Waals surface area (Å²) in [5, 5.41) is 6.85. The minimum Gasteiger partial charge on any atom is -0.444 e. The van der Waals surface area contributed by atoms with Crippen molar-refractivity contribution in [1.82, 2.24) is 15.2 Å². The lowest BCUT2D eigenvalue weighted by Crippen LogP contribution is -2.38. The molecule has 1 saturated heterocycles. The van der Waals surface area contributed by atoms with Crippen LogP contribution in [0, 0.1) is 0 Å². The van der Waals surface area contributed by atoms with E-state index in [9.17, 15) is 4.79 Å². The molecule has 1 aromatic heterocycles. The van der Waals surface area contributed by atoms with Crippen LogP contribution < -0.4 is 5.32 Å². The van der Waals surface area contributed by atoms with Crippen LogP contribution in [0.1, 0.15) is 57.9 Å². The van der Waals surface area contributed by atoms with Gasteiger partial charge in [0.25, 0.3) is 0 Å². The molecule has 6 heteroatoms. The Bertz CT molecular complexity index is 485. The lowest BCUT2D eigenvalue weighted by molar-refractivity contribution is 0.0256. The third-order valence-corrected chi connectivity index (χ3v) is 4.97. The fourth-order valence-corrected chi connectivity index (χ4v) is 3.42. The van der Waals surface area contributed by atoms with Crippen molar-refractivity contribution in [1.29, 1.82) is 0 Å². The number of hydrogen-bond donors (Lipinski definition) is 1. The molecule has 0 aliphatic carbocycles. The second-order valence-corrected chi connectivity index (χ2v) is 8.20. The Morgan fingerprint density at radius 1 is 1.48 bits per heavy atom. The Hall–Kier alpha value is -1.14. The summed E-state index contributed by atoms with van der Waals surface area (Å²) in [5.74, 6) is 0.431. The van der Waals surface area contributed by atoms with Crippen LogP contribution in [-0.2, 0) is 4.74 Å². The maximum atomic E-state index is 12.2. The number of amides is 1. The molecule has 1 N–H and O–H groups in total. The van der Waals surface area contributed by atoms with E-state index in [4.69, 9.17) is 4.74 Å². The van der Waals surface area contributed by atoms with Crippen molar-refractivity contribution in [2.45, 2.75) is 64.5 Å². The highest BCUT2D eigenvalue weighted by Crippen LogP contribution is 2.19. The summed E-state index contributed by atoms with van der Waals surface area (Å²) < 4.78 is 5.47. The van der Waals surface area contributed by atoms with Crippen LogP contribution >= 0.6 is 11.3 Å². The topological polar surface area (TPSA) is 54.5 Å². The molecule has 130 valence electrons. The van der Waals surface area contributed by atoms with Gasteiger partial charge in [-0.05, 0) is 40.0 Å². The predicted molar refractivity (Wildman–Crippen MR) is 94.0 cm³/mol. The highest BCUT2D eigenvalue weighted by atomic mass is 32.1. The van der Waals surface area contributed by atoms with Crippen molar-refractivity contribution < 1.29 is 9.53 Å². The molecule has 0 saturated carbocycles.